The van der Waals surface area contributed by atoms with E-state index in [9.17, 15) is 13.2 Å². The smallest absolute Gasteiger partial charge is 0.309 e. The fraction of sp³-hybridized carbons (Fsp3) is 0.833. The van der Waals surface area contributed by atoms with Crippen molar-refractivity contribution < 1.29 is 18.3 Å². The Morgan fingerprint density at radius 3 is 2.23 bits per heavy atom. The highest BCUT2D eigenvalue weighted by Gasteiger charge is 2.40. The summed E-state index contributed by atoms with van der Waals surface area (Å²) in [5.74, 6) is -1.49. The molecule has 0 aromatic carbocycles. The number of hydrogen-bond donors (Lipinski definition) is 1. The number of aliphatic carboxylic acids is 1. The van der Waals surface area contributed by atoms with Crippen molar-refractivity contribution in [3.8, 4) is 0 Å². The zero-order valence-corrected chi connectivity index (χ0v) is 8.28. The highest BCUT2D eigenvalue weighted by Crippen LogP contribution is 2.20. The van der Waals surface area contributed by atoms with Crippen molar-refractivity contribution in [1.82, 2.24) is 8.61 Å². The predicted molar refractivity (Wildman–Crippen MR) is 45.3 cm³/mol. The average Bonchev–Trinajstić information content (AvgIpc) is 1.80. The maximum atomic E-state index is 11.3. The van der Waals surface area contributed by atoms with E-state index in [2.05, 4.69) is 0 Å². The quantitative estimate of drug-likeness (QED) is 0.632. The number of hydrogen-bond acceptors (Lipinski definition) is 3. The van der Waals surface area contributed by atoms with Gasteiger partial charge >= 0.3 is 5.97 Å². The normalized spacial score (nSPS) is 20.2. The second-order valence-corrected chi connectivity index (χ2v) is 5.28. The van der Waals surface area contributed by atoms with Crippen molar-refractivity contribution in [2.45, 2.75) is 0 Å². The highest BCUT2D eigenvalue weighted by molar-refractivity contribution is 7.86. The molecule has 1 saturated heterocycles. The van der Waals surface area contributed by atoms with Gasteiger partial charge in [0.1, 0.15) is 0 Å². The lowest BCUT2D eigenvalue weighted by Gasteiger charge is -2.36. The Bertz CT molecular complexity index is 305. The fourth-order valence-electron chi connectivity index (χ4n) is 1.01. The van der Waals surface area contributed by atoms with E-state index in [1.807, 2.05) is 0 Å². The summed E-state index contributed by atoms with van der Waals surface area (Å²) in [6.45, 7) is 0.158. The summed E-state index contributed by atoms with van der Waals surface area (Å²) >= 11 is 0. The molecule has 0 unspecified atom stereocenters. The molecule has 0 radical (unpaired) electrons. The monoisotopic (exact) mass is 208 g/mol. The minimum atomic E-state index is -3.40. The van der Waals surface area contributed by atoms with Gasteiger partial charge in [0, 0.05) is 27.2 Å². The summed E-state index contributed by atoms with van der Waals surface area (Å²) < 4.78 is 24.9. The van der Waals surface area contributed by atoms with Crippen LogP contribution in [0.3, 0.4) is 0 Å². The third-order valence-electron chi connectivity index (χ3n) is 1.99. The van der Waals surface area contributed by atoms with Crippen LogP contribution in [0.25, 0.3) is 0 Å². The molecule has 0 saturated carbocycles. The molecular weight excluding hydrogens is 196 g/mol. The first-order valence-corrected chi connectivity index (χ1v) is 5.16. The van der Waals surface area contributed by atoms with Crippen LogP contribution in [0.2, 0.25) is 0 Å². The van der Waals surface area contributed by atoms with Crippen molar-refractivity contribution in [1.29, 1.82) is 0 Å². The van der Waals surface area contributed by atoms with Gasteiger partial charge in [0.15, 0.2) is 0 Å². The number of carboxylic acids is 1. The lowest BCUT2D eigenvalue weighted by molar-refractivity contribution is -0.145. The second kappa shape index (κ2) is 3.24. The van der Waals surface area contributed by atoms with Gasteiger partial charge in [0.05, 0.1) is 5.92 Å². The van der Waals surface area contributed by atoms with Crippen LogP contribution in [0.5, 0.6) is 0 Å². The summed E-state index contributed by atoms with van der Waals surface area (Å²) in [5.41, 5.74) is 0. The summed E-state index contributed by atoms with van der Waals surface area (Å²) in [6, 6.07) is 0. The minimum Gasteiger partial charge on any atom is -0.481 e. The Hall–Kier alpha value is -0.660. The number of rotatable bonds is 3. The first kappa shape index (κ1) is 10.4. The Balaban J connectivity index is 2.58. The number of carboxylic acid groups (broad SMARTS) is 1. The molecule has 7 heteroatoms. The van der Waals surface area contributed by atoms with E-state index in [0.717, 1.165) is 8.61 Å². The Morgan fingerprint density at radius 2 is 1.92 bits per heavy atom. The van der Waals surface area contributed by atoms with Gasteiger partial charge < -0.3 is 5.11 Å². The molecule has 1 heterocycles. The summed E-state index contributed by atoms with van der Waals surface area (Å²) in [6.07, 6.45) is 0. The van der Waals surface area contributed by atoms with Gasteiger partial charge in [-0.3, -0.25) is 4.79 Å². The van der Waals surface area contributed by atoms with Gasteiger partial charge in [-0.15, -0.1) is 0 Å². The minimum absolute atomic E-state index is 0.0792. The Morgan fingerprint density at radius 1 is 1.46 bits per heavy atom. The largest absolute Gasteiger partial charge is 0.481 e. The second-order valence-electron chi connectivity index (χ2n) is 3.14. The molecule has 76 valence electrons. The molecular formula is C6H12N2O4S. The van der Waals surface area contributed by atoms with Crippen molar-refractivity contribution in [3.05, 3.63) is 0 Å². The lowest BCUT2D eigenvalue weighted by atomic mass is 10.0. The van der Waals surface area contributed by atoms with Crippen molar-refractivity contribution in [2.75, 3.05) is 27.2 Å². The molecule has 0 amide bonds. The summed E-state index contributed by atoms with van der Waals surface area (Å²) in [7, 11) is -0.563. The van der Waals surface area contributed by atoms with Crippen LogP contribution in [0, 0.1) is 5.92 Å². The van der Waals surface area contributed by atoms with Crippen LogP contribution in [-0.4, -0.2) is 55.3 Å². The number of nitrogens with zero attached hydrogens (tertiary/aromatic N) is 2. The first-order chi connectivity index (χ1) is 5.85. The van der Waals surface area contributed by atoms with Crippen molar-refractivity contribution in [2.24, 2.45) is 5.92 Å². The molecule has 0 bridgehead atoms. The van der Waals surface area contributed by atoms with Crippen LogP contribution in [0.4, 0.5) is 0 Å². The van der Waals surface area contributed by atoms with Crippen LogP contribution < -0.4 is 0 Å². The molecule has 13 heavy (non-hydrogen) atoms. The molecule has 0 atom stereocenters. The molecule has 1 fully saturated rings. The summed E-state index contributed by atoms with van der Waals surface area (Å²) in [5, 5.41) is 8.52. The van der Waals surface area contributed by atoms with Gasteiger partial charge in [0.25, 0.3) is 10.2 Å². The van der Waals surface area contributed by atoms with Gasteiger partial charge in [-0.1, -0.05) is 0 Å². The zero-order chi connectivity index (χ0) is 10.2. The third-order valence-corrected chi connectivity index (χ3v) is 3.86. The van der Waals surface area contributed by atoms with E-state index in [1.54, 1.807) is 0 Å². The number of carbonyl (C=O) groups is 1. The maximum absolute atomic E-state index is 11.3. The van der Waals surface area contributed by atoms with E-state index < -0.39 is 22.1 Å². The molecule has 0 aromatic heterocycles. The zero-order valence-electron chi connectivity index (χ0n) is 7.47. The van der Waals surface area contributed by atoms with E-state index >= 15 is 0 Å². The first-order valence-electron chi connectivity index (χ1n) is 3.76. The highest BCUT2D eigenvalue weighted by atomic mass is 32.2. The maximum Gasteiger partial charge on any atom is 0.309 e. The Labute approximate surface area is 76.9 Å². The van der Waals surface area contributed by atoms with E-state index in [4.69, 9.17) is 5.11 Å². The van der Waals surface area contributed by atoms with E-state index in [0.29, 0.717) is 0 Å². The van der Waals surface area contributed by atoms with Gasteiger partial charge in [-0.05, 0) is 0 Å². The van der Waals surface area contributed by atoms with E-state index in [-0.39, 0.29) is 13.1 Å². The van der Waals surface area contributed by atoms with Gasteiger partial charge in [0.2, 0.25) is 0 Å². The molecule has 6 nitrogen and oxygen atoms in total. The SMILES string of the molecule is CN(C)S(=O)(=O)N1CC(C(=O)O)C1. The van der Waals surface area contributed by atoms with Crippen molar-refractivity contribution >= 4 is 16.2 Å². The van der Waals surface area contributed by atoms with Crippen LogP contribution in [0.15, 0.2) is 0 Å². The molecule has 0 spiro atoms. The Kier molecular flexibility index (Phi) is 2.60. The molecule has 1 N–H and O–H groups in total. The molecule has 1 aliphatic heterocycles. The van der Waals surface area contributed by atoms with Gasteiger partial charge in [-0.25, -0.2) is 0 Å². The van der Waals surface area contributed by atoms with Gasteiger partial charge in [-0.2, -0.15) is 17.0 Å². The van der Waals surface area contributed by atoms with Crippen LogP contribution in [0.1, 0.15) is 0 Å². The molecule has 0 aliphatic carbocycles. The fourth-order valence-corrected chi connectivity index (χ4v) is 2.21. The average molecular weight is 208 g/mol. The van der Waals surface area contributed by atoms with E-state index in [1.165, 1.54) is 14.1 Å². The third kappa shape index (κ3) is 1.82. The molecule has 1 rings (SSSR count). The summed E-state index contributed by atoms with van der Waals surface area (Å²) in [4.78, 5) is 10.4. The molecule has 0 aromatic rings. The topological polar surface area (TPSA) is 77.9 Å². The van der Waals surface area contributed by atoms with Crippen LogP contribution in [-0.2, 0) is 15.0 Å². The van der Waals surface area contributed by atoms with Crippen LogP contribution >= 0.6 is 0 Å². The standard InChI is InChI=1S/C6H12N2O4S/c1-7(2)13(11,12)8-3-5(4-8)6(9)10/h5H,3-4H2,1-2H3,(H,9,10). The predicted octanol–water partition coefficient (Wildman–Crippen LogP) is -1.19. The lowest BCUT2D eigenvalue weighted by Crippen LogP contribution is -2.55. The van der Waals surface area contributed by atoms with Crippen molar-refractivity contribution in [3.63, 3.8) is 0 Å². The molecule has 1 aliphatic rings.